The van der Waals surface area contributed by atoms with Gasteiger partial charge < -0.3 is 10.7 Å². The summed E-state index contributed by atoms with van der Waals surface area (Å²) in [5.41, 5.74) is 6.73. The fourth-order valence-electron chi connectivity index (χ4n) is 1.16. The zero-order valence-corrected chi connectivity index (χ0v) is 7.42. The lowest BCUT2D eigenvalue weighted by Crippen LogP contribution is -2.14. The molecule has 1 rings (SSSR count). The van der Waals surface area contributed by atoms with Gasteiger partial charge in [-0.15, -0.1) is 0 Å². The van der Waals surface area contributed by atoms with E-state index in [2.05, 4.69) is 18.8 Å². The molecule has 0 radical (unpaired) electrons. The van der Waals surface area contributed by atoms with E-state index in [1.165, 1.54) is 0 Å². The molecular formula is C9H14N2O. The zero-order valence-electron chi connectivity index (χ0n) is 7.42. The summed E-state index contributed by atoms with van der Waals surface area (Å²) >= 11 is 0. The highest BCUT2D eigenvalue weighted by Gasteiger charge is 2.08. The predicted molar refractivity (Wildman–Crippen MR) is 50.2 cm³/mol. The fraction of sp³-hybridized carbons (Fsp3) is 0.444. The molecule has 3 nitrogen and oxygen atoms in total. The van der Waals surface area contributed by atoms with E-state index in [0.29, 0.717) is 11.6 Å². The van der Waals surface area contributed by atoms with Crippen LogP contribution in [0.3, 0.4) is 0 Å². The first-order valence-corrected chi connectivity index (χ1v) is 4.13. The second-order valence-electron chi connectivity index (χ2n) is 2.99. The Labute approximate surface area is 71.6 Å². The van der Waals surface area contributed by atoms with Crippen molar-refractivity contribution in [3.63, 3.8) is 0 Å². The third-order valence-corrected chi connectivity index (χ3v) is 2.18. The monoisotopic (exact) mass is 166 g/mol. The molecular weight excluding hydrogens is 152 g/mol. The molecule has 0 bridgehead atoms. The largest absolute Gasteiger partial charge is 0.394 e. The molecule has 0 saturated carbocycles. The van der Waals surface area contributed by atoms with Crippen molar-refractivity contribution < 1.29 is 0 Å². The first-order chi connectivity index (χ1) is 5.66. The molecule has 3 N–H and O–H groups in total. The molecule has 1 heterocycles. The number of H-pyrrole nitrogens is 1. The molecule has 66 valence electrons. The van der Waals surface area contributed by atoms with Crippen LogP contribution < -0.4 is 11.3 Å². The number of rotatable bonds is 2. The van der Waals surface area contributed by atoms with E-state index in [9.17, 15) is 4.79 Å². The van der Waals surface area contributed by atoms with Gasteiger partial charge in [0.05, 0.1) is 0 Å². The summed E-state index contributed by atoms with van der Waals surface area (Å²) in [4.78, 5) is 13.6. The molecule has 0 fully saturated rings. The van der Waals surface area contributed by atoms with Crippen LogP contribution in [-0.2, 0) is 0 Å². The van der Waals surface area contributed by atoms with E-state index in [1.54, 1.807) is 6.20 Å². The molecule has 0 saturated heterocycles. The molecule has 0 aromatic carbocycles. The molecule has 0 aliphatic heterocycles. The number of anilines is 1. The second kappa shape index (κ2) is 3.43. The zero-order chi connectivity index (χ0) is 9.14. The molecule has 0 spiro atoms. The van der Waals surface area contributed by atoms with Gasteiger partial charge in [-0.1, -0.05) is 13.8 Å². The quantitative estimate of drug-likeness (QED) is 0.699. The summed E-state index contributed by atoms with van der Waals surface area (Å²) in [6, 6.07) is 1.87. The van der Waals surface area contributed by atoms with E-state index in [1.807, 2.05) is 6.07 Å². The summed E-state index contributed by atoms with van der Waals surface area (Å²) in [6.45, 7) is 4.14. The summed E-state index contributed by atoms with van der Waals surface area (Å²) in [5.74, 6) is 0.354. The Morgan fingerprint density at radius 1 is 1.67 bits per heavy atom. The van der Waals surface area contributed by atoms with Crippen LogP contribution >= 0.6 is 0 Å². The van der Waals surface area contributed by atoms with Crippen LogP contribution in [-0.4, -0.2) is 4.98 Å². The van der Waals surface area contributed by atoms with Crippen LogP contribution in [0, 0.1) is 0 Å². The Kier molecular flexibility index (Phi) is 2.53. The SMILES string of the molecule is CCC(C)c1cc[nH]c(=O)c1N. The Hall–Kier alpha value is -1.25. The van der Waals surface area contributed by atoms with Gasteiger partial charge in [0.25, 0.3) is 5.56 Å². The van der Waals surface area contributed by atoms with Gasteiger partial charge in [0.1, 0.15) is 5.69 Å². The molecule has 1 aromatic heterocycles. The van der Waals surface area contributed by atoms with Crippen molar-refractivity contribution in [3.8, 4) is 0 Å². The van der Waals surface area contributed by atoms with Gasteiger partial charge in [-0.3, -0.25) is 4.79 Å². The number of hydrogen-bond acceptors (Lipinski definition) is 2. The maximum atomic E-state index is 11.1. The number of hydrogen-bond donors (Lipinski definition) is 2. The Morgan fingerprint density at radius 2 is 2.33 bits per heavy atom. The van der Waals surface area contributed by atoms with Crippen molar-refractivity contribution in [2.24, 2.45) is 0 Å². The van der Waals surface area contributed by atoms with Crippen LogP contribution in [0.2, 0.25) is 0 Å². The lowest BCUT2D eigenvalue weighted by atomic mass is 9.98. The van der Waals surface area contributed by atoms with E-state index < -0.39 is 0 Å². The number of aromatic amines is 1. The fourth-order valence-corrected chi connectivity index (χ4v) is 1.16. The van der Waals surface area contributed by atoms with E-state index in [-0.39, 0.29) is 5.56 Å². The Morgan fingerprint density at radius 3 is 2.92 bits per heavy atom. The minimum Gasteiger partial charge on any atom is -0.394 e. The molecule has 3 heteroatoms. The minimum atomic E-state index is -0.187. The third-order valence-electron chi connectivity index (χ3n) is 2.18. The highest BCUT2D eigenvalue weighted by molar-refractivity contribution is 5.45. The van der Waals surface area contributed by atoms with Gasteiger partial charge in [0, 0.05) is 6.20 Å². The van der Waals surface area contributed by atoms with Crippen LogP contribution in [0.5, 0.6) is 0 Å². The van der Waals surface area contributed by atoms with Crippen molar-refractivity contribution in [3.05, 3.63) is 28.2 Å². The number of nitrogen functional groups attached to an aromatic ring is 1. The smallest absolute Gasteiger partial charge is 0.271 e. The van der Waals surface area contributed by atoms with Crippen molar-refractivity contribution in [1.82, 2.24) is 4.98 Å². The molecule has 12 heavy (non-hydrogen) atoms. The number of pyridine rings is 1. The van der Waals surface area contributed by atoms with E-state index in [0.717, 1.165) is 12.0 Å². The minimum absolute atomic E-state index is 0.187. The van der Waals surface area contributed by atoms with Crippen molar-refractivity contribution >= 4 is 5.69 Å². The lowest BCUT2D eigenvalue weighted by molar-refractivity contribution is 0.733. The summed E-state index contributed by atoms with van der Waals surface area (Å²) in [6.07, 6.45) is 2.63. The van der Waals surface area contributed by atoms with Crippen molar-refractivity contribution in [1.29, 1.82) is 0 Å². The van der Waals surface area contributed by atoms with Gasteiger partial charge in [-0.05, 0) is 24.0 Å². The molecule has 0 amide bonds. The summed E-state index contributed by atoms with van der Waals surface area (Å²) in [7, 11) is 0. The average molecular weight is 166 g/mol. The van der Waals surface area contributed by atoms with Crippen LogP contribution in [0.4, 0.5) is 5.69 Å². The molecule has 1 atom stereocenters. The first-order valence-electron chi connectivity index (χ1n) is 4.13. The molecule has 1 unspecified atom stereocenters. The van der Waals surface area contributed by atoms with E-state index >= 15 is 0 Å². The topological polar surface area (TPSA) is 58.9 Å². The average Bonchev–Trinajstić information content (AvgIpc) is 2.08. The normalized spacial score (nSPS) is 12.8. The van der Waals surface area contributed by atoms with Crippen LogP contribution in [0.25, 0.3) is 0 Å². The highest BCUT2D eigenvalue weighted by Crippen LogP contribution is 2.20. The standard InChI is InChI=1S/C9H14N2O/c1-3-6(2)7-4-5-11-9(12)8(7)10/h4-6H,3,10H2,1-2H3,(H,11,12). The van der Waals surface area contributed by atoms with Gasteiger partial charge >= 0.3 is 0 Å². The number of aromatic nitrogens is 1. The Bertz CT molecular complexity index is 317. The predicted octanol–water partition coefficient (Wildman–Crippen LogP) is 1.47. The van der Waals surface area contributed by atoms with Gasteiger partial charge in [0.15, 0.2) is 0 Å². The third kappa shape index (κ3) is 1.49. The molecule has 0 aliphatic carbocycles. The maximum Gasteiger partial charge on any atom is 0.271 e. The lowest BCUT2D eigenvalue weighted by Gasteiger charge is -2.09. The Balaban J connectivity index is 3.16. The number of nitrogens with two attached hydrogens (primary N) is 1. The number of nitrogens with one attached hydrogen (secondary N) is 1. The van der Waals surface area contributed by atoms with Crippen LogP contribution in [0.1, 0.15) is 31.7 Å². The maximum absolute atomic E-state index is 11.1. The van der Waals surface area contributed by atoms with Crippen molar-refractivity contribution in [2.45, 2.75) is 26.2 Å². The summed E-state index contributed by atoms with van der Waals surface area (Å²) in [5, 5.41) is 0. The van der Waals surface area contributed by atoms with Crippen LogP contribution in [0.15, 0.2) is 17.1 Å². The van der Waals surface area contributed by atoms with Gasteiger partial charge in [0.2, 0.25) is 0 Å². The first kappa shape index (κ1) is 8.84. The van der Waals surface area contributed by atoms with Gasteiger partial charge in [-0.2, -0.15) is 0 Å². The summed E-state index contributed by atoms with van der Waals surface area (Å²) < 4.78 is 0. The second-order valence-corrected chi connectivity index (χ2v) is 2.99. The molecule has 1 aromatic rings. The highest BCUT2D eigenvalue weighted by atomic mass is 16.1. The molecule has 0 aliphatic rings. The van der Waals surface area contributed by atoms with E-state index in [4.69, 9.17) is 5.73 Å². The van der Waals surface area contributed by atoms with Crippen molar-refractivity contribution in [2.75, 3.05) is 5.73 Å². The van der Waals surface area contributed by atoms with Gasteiger partial charge in [-0.25, -0.2) is 0 Å².